The number of nitrogen functional groups attached to an aromatic ring is 1. The van der Waals surface area contributed by atoms with E-state index in [2.05, 4.69) is 10.5 Å². The quantitative estimate of drug-likeness (QED) is 0.795. The topological polar surface area (TPSA) is 64.1 Å². The first-order valence-electron chi connectivity index (χ1n) is 5.32. The zero-order valence-electron chi connectivity index (χ0n) is 9.53. The van der Waals surface area contributed by atoms with Crippen LogP contribution in [0.25, 0.3) is 0 Å². The summed E-state index contributed by atoms with van der Waals surface area (Å²) in [5.74, 6) is 0.391. The highest BCUT2D eigenvalue weighted by molar-refractivity contribution is 5.41. The number of hydrogen-bond donors (Lipinski definition) is 2. The maximum absolute atomic E-state index is 13.2. The van der Waals surface area contributed by atoms with E-state index in [-0.39, 0.29) is 11.5 Å². The Morgan fingerprint density at radius 1 is 1.35 bits per heavy atom. The van der Waals surface area contributed by atoms with Gasteiger partial charge in [0.15, 0.2) is 0 Å². The smallest absolute Gasteiger partial charge is 0.146 e. The summed E-state index contributed by atoms with van der Waals surface area (Å²) in [6, 6.07) is 6.64. The molecule has 1 heterocycles. The van der Waals surface area contributed by atoms with Crippen molar-refractivity contribution in [3.63, 3.8) is 0 Å². The number of benzene rings is 1. The second kappa shape index (κ2) is 4.97. The summed E-state index contributed by atoms with van der Waals surface area (Å²) in [7, 11) is 0. The van der Waals surface area contributed by atoms with E-state index in [1.54, 1.807) is 12.1 Å². The molecule has 5 heteroatoms. The van der Waals surface area contributed by atoms with Crippen molar-refractivity contribution in [3.8, 4) is 0 Å². The van der Waals surface area contributed by atoms with Gasteiger partial charge in [-0.25, -0.2) is 4.39 Å². The van der Waals surface area contributed by atoms with Crippen LogP contribution in [0.4, 0.5) is 10.1 Å². The molecule has 0 fully saturated rings. The summed E-state index contributed by atoms with van der Waals surface area (Å²) in [5, 5.41) is 7.00. The zero-order chi connectivity index (χ0) is 12.3. The molecule has 0 saturated heterocycles. The molecule has 2 rings (SSSR count). The monoisotopic (exact) mass is 235 g/mol. The van der Waals surface area contributed by atoms with Crippen molar-refractivity contribution in [1.29, 1.82) is 0 Å². The molecule has 4 nitrogen and oxygen atoms in total. The minimum atomic E-state index is -0.387. The van der Waals surface area contributed by atoms with Crippen molar-refractivity contribution < 1.29 is 8.91 Å². The molecule has 0 aliphatic heterocycles. The largest absolute Gasteiger partial charge is 0.396 e. The predicted molar refractivity (Wildman–Crippen MR) is 62.6 cm³/mol. The number of aromatic nitrogens is 1. The normalized spacial score (nSPS) is 10.7. The van der Waals surface area contributed by atoms with Crippen LogP contribution in [0.3, 0.4) is 0 Å². The molecule has 1 aromatic heterocycles. The number of aryl methyl sites for hydroxylation is 1. The molecule has 0 aliphatic rings. The fourth-order valence-electron chi connectivity index (χ4n) is 1.52. The molecule has 90 valence electrons. The SMILES string of the molecule is Cc1cc(CNCc2ccc(N)c(F)c2)no1. The molecule has 0 bridgehead atoms. The lowest BCUT2D eigenvalue weighted by atomic mass is 10.2. The number of rotatable bonds is 4. The van der Waals surface area contributed by atoms with Crippen molar-refractivity contribution in [2.75, 3.05) is 5.73 Å². The van der Waals surface area contributed by atoms with Crippen LogP contribution in [0.2, 0.25) is 0 Å². The molecule has 0 saturated carbocycles. The Hall–Kier alpha value is -1.88. The van der Waals surface area contributed by atoms with Crippen molar-refractivity contribution >= 4 is 5.69 Å². The second-order valence-electron chi connectivity index (χ2n) is 3.89. The van der Waals surface area contributed by atoms with Gasteiger partial charge in [-0.15, -0.1) is 0 Å². The first-order valence-corrected chi connectivity index (χ1v) is 5.32. The van der Waals surface area contributed by atoms with Gasteiger partial charge < -0.3 is 15.6 Å². The highest BCUT2D eigenvalue weighted by atomic mass is 19.1. The third-order valence-electron chi connectivity index (χ3n) is 2.38. The molecule has 1 aromatic carbocycles. The van der Waals surface area contributed by atoms with Gasteiger partial charge in [-0.1, -0.05) is 11.2 Å². The molecule has 17 heavy (non-hydrogen) atoms. The molecule has 0 radical (unpaired) electrons. The number of halogens is 1. The van der Waals surface area contributed by atoms with Crippen LogP contribution in [-0.2, 0) is 13.1 Å². The summed E-state index contributed by atoms with van der Waals surface area (Å²) >= 11 is 0. The average Bonchev–Trinajstić information content (AvgIpc) is 2.70. The van der Waals surface area contributed by atoms with Gasteiger partial charge in [0, 0.05) is 19.2 Å². The van der Waals surface area contributed by atoms with Crippen LogP contribution in [0.5, 0.6) is 0 Å². The third-order valence-corrected chi connectivity index (χ3v) is 2.38. The summed E-state index contributed by atoms with van der Waals surface area (Å²) < 4.78 is 18.1. The van der Waals surface area contributed by atoms with E-state index in [0.29, 0.717) is 13.1 Å². The Morgan fingerprint density at radius 2 is 2.18 bits per heavy atom. The van der Waals surface area contributed by atoms with Crippen LogP contribution in [0.15, 0.2) is 28.8 Å². The van der Waals surface area contributed by atoms with E-state index >= 15 is 0 Å². The zero-order valence-corrected chi connectivity index (χ0v) is 9.53. The predicted octanol–water partition coefficient (Wildman–Crippen LogP) is 1.99. The van der Waals surface area contributed by atoms with Crippen LogP contribution < -0.4 is 11.1 Å². The Labute approximate surface area is 98.6 Å². The first kappa shape index (κ1) is 11.6. The molecule has 0 spiro atoms. The number of hydrogen-bond acceptors (Lipinski definition) is 4. The second-order valence-corrected chi connectivity index (χ2v) is 3.89. The number of nitrogens with two attached hydrogens (primary N) is 1. The van der Waals surface area contributed by atoms with E-state index < -0.39 is 0 Å². The lowest BCUT2D eigenvalue weighted by Crippen LogP contribution is -2.13. The van der Waals surface area contributed by atoms with Gasteiger partial charge in [0.25, 0.3) is 0 Å². The van der Waals surface area contributed by atoms with Gasteiger partial charge >= 0.3 is 0 Å². The van der Waals surface area contributed by atoms with Gasteiger partial charge in [0.05, 0.1) is 11.4 Å². The third kappa shape index (κ3) is 3.04. The molecule has 3 N–H and O–H groups in total. The highest BCUT2D eigenvalue weighted by Gasteiger charge is 2.02. The lowest BCUT2D eigenvalue weighted by molar-refractivity contribution is 0.388. The van der Waals surface area contributed by atoms with Crippen LogP contribution >= 0.6 is 0 Å². The van der Waals surface area contributed by atoms with E-state index in [4.69, 9.17) is 10.3 Å². The number of nitrogens with one attached hydrogen (secondary N) is 1. The van der Waals surface area contributed by atoms with Crippen LogP contribution in [-0.4, -0.2) is 5.16 Å². The minimum absolute atomic E-state index is 0.167. The van der Waals surface area contributed by atoms with E-state index in [1.165, 1.54) is 6.07 Å². The Kier molecular flexibility index (Phi) is 3.39. The molecule has 2 aromatic rings. The maximum Gasteiger partial charge on any atom is 0.146 e. The van der Waals surface area contributed by atoms with Crippen LogP contribution in [0.1, 0.15) is 17.0 Å². The summed E-state index contributed by atoms with van der Waals surface area (Å²) in [6.45, 7) is 2.98. The Balaban J connectivity index is 1.87. The Morgan fingerprint density at radius 3 is 2.82 bits per heavy atom. The summed E-state index contributed by atoms with van der Waals surface area (Å²) in [5.41, 5.74) is 7.24. The first-order chi connectivity index (χ1) is 8.15. The van der Waals surface area contributed by atoms with Gasteiger partial charge in [-0.3, -0.25) is 0 Å². The summed E-state index contributed by atoms with van der Waals surface area (Å²) in [4.78, 5) is 0. The fourth-order valence-corrected chi connectivity index (χ4v) is 1.52. The van der Waals surface area contributed by atoms with Gasteiger partial charge in [0.1, 0.15) is 11.6 Å². The molecule has 0 atom stereocenters. The number of anilines is 1. The number of nitrogens with zero attached hydrogens (tertiary/aromatic N) is 1. The highest BCUT2D eigenvalue weighted by Crippen LogP contribution is 2.11. The van der Waals surface area contributed by atoms with Crippen molar-refractivity contribution in [3.05, 3.63) is 47.1 Å². The standard InChI is InChI=1S/C12H14FN3O/c1-8-4-10(16-17-8)7-15-6-9-2-3-12(14)11(13)5-9/h2-5,15H,6-7,14H2,1H3. The molecular weight excluding hydrogens is 221 g/mol. The molecule has 0 aliphatic carbocycles. The van der Waals surface area contributed by atoms with E-state index in [1.807, 2.05) is 13.0 Å². The van der Waals surface area contributed by atoms with Crippen molar-refractivity contribution in [2.45, 2.75) is 20.0 Å². The fraction of sp³-hybridized carbons (Fsp3) is 0.250. The van der Waals surface area contributed by atoms with Gasteiger partial charge in [0.2, 0.25) is 0 Å². The average molecular weight is 235 g/mol. The lowest BCUT2D eigenvalue weighted by Gasteiger charge is -2.04. The summed E-state index contributed by atoms with van der Waals surface area (Å²) in [6.07, 6.45) is 0. The Bertz CT molecular complexity index is 510. The van der Waals surface area contributed by atoms with E-state index in [9.17, 15) is 4.39 Å². The molecular formula is C12H14FN3O. The van der Waals surface area contributed by atoms with E-state index in [0.717, 1.165) is 17.0 Å². The minimum Gasteiger partial charge on any atom is -0.396 e. The maximum atomic E-state index is 13.2. The van der Waals surface area contributed by atoms with Gasteiger partial charge in [-0.05, 0) is 24.6 Å². The molecule has 0 unspecified atom stereocenters. The van der Waals surface area contributed by atoms with Crippen molar-refractivity contribution in [2.24, 2.45) is 0 Å². The van der Waals surface area contributed by atoms with Crippen LogP contribution in [0, 0.1) is 12.7 Å². The van der Waals surface area contributed by atoms with Gasteiger partial charge in [-0.2, -0.15) is 0 Å². The molecule has 0 amide bonds. The van der Waals surface area contributed by atoms with Crippen molar-refractivity contribution in [1.82, 2.24) is 10.5 Å².